The van der Waals surface area contributed by atoms with Crippen molar-refractivity contribution in [3.63, 3.8) is 0 Å². The first-order valence-electron chi connectivity index (χ1n) is 8.26. The van der Waals surface area contributed by atoms with Crippen molar-refractivity contribution in [3.8, 4) is 0 Å². The summed E-state index contributed by atoms with van der Waals surface area (Å²) < 4.78 is 0. The summed E-state index contributed by atoms with van der Waals surface area (Å²) in [6.07, 6.45) is 5.73. The number of amides is 1. The number of carbonyl (C=O) groups is 1. The third-order valence-corrected chi connectivity index (χ3v) is 5.42. The molecule has 1 aromatic rings. The van der Waals surface area contributed by atoms with E-state index in [1.54, 1.807) is 0 Å². The molecule has 4 nitrogen and oxygen atoms in total. The second-order valence-corrected chi connectivity index (χ2v) is 7.03. The molecule has 23 heavy (non-hydrogen) atoms. The van der Waals surface area contributed by atoms with Crippen LogP contribution in [0.15, 0.2) is 53.6 Å². The zero-order valence-corrected chi connectivity index (χ0v) is 13.3. The standard InChI is InChI=1S/C19H22N2O2/c1-13-7-15-9-17(20-18(22)23)12-21(19(15)10-16(19)8-13)11-14-5-3-2-4-6-14/h2-8,16-17,20H,9-12H2,1H3,(H,22,23). The summed E-state index contributed by atoms with van der Waals surface area (Å²) in [6, 6.07) is 10.4. The van der Waals surface area contributed by atoms with Crippen LogP contribution in [-0.2, 0) is 6.54 Å². The van der Waals surface area contributed by atoms with Gasteiger partial charge in [0.2, 0.25) is 0 Å². The Morgan fingerprint density at radius 2 is 2.17 bits per heavy atom. The fourth-order valence-corrected chi connectivity index (χ4v) is 4.45. The van der Waals surface area contributed by atoms with Crippen LogP contribution in [0.25, 0.3) is 0 Å². The first-order valence-corrected chi connectivity index (χ1v) is 8.26. The Bertz CT molecular complexity index is 695. The highest BCUT2D eigenvalue weighted by molar-refractivity contribution is 5.65. The van der Waals surface area contributed by atoms with Crippen molar-refractivity contribution in [2.75, 3.05) is 6.54 Å². The molecule has 120 valence electrons. The van der Waals surface area contributed by atoms with Crippen LogP contribution in [0.5, 0.6) is 0 Å². The number of rotatable bonds is 3. The lowest BCUT2D eigenvalue weighted by Crippen LogP contribution is -2.54. The van der Waals surface area contributed by atoms with Crippen LogP contribution in [0, 0.1) is 5.92 Å². The highest BCUT2D eigenvalue weighted by Gasteiger charge is 2.62. The Kier molecular flexibility index (Phi) is 3.31. The number of carboxylic acid groups (broad SMARTS) is 1. The number of benzene rings is 1. The highest BCUT2D eigenvalue weighted by atomic mass is 16.4. The van der Waals surface area contributed by atoms with Gasteiger partial charge in [0.1, 0.15) is 0 Å². The summed E-state index contributed by atoms with van der Waals surface area (Å²) >= 11 is 0. The van der Waals surface area contributed by atoms with Crippen molar-refractivity contribution < 1.29 is 9.90 Å². The highest BCUT2D eigenvalue weighted by Crippen LogP contribution is 2.60. The molecule has 1 saturated heterocycles. The molecule has 1 aliphatic heterocycles. The molecule has 4 rings (SSSR count). The van der Waals surface area contributed by atoms with Gasteiger partial charge in [-0.2, -0.15) is 0 Å². The van der Waals surface area contributed by atoms with Gasteiger partial charge in [-0.1, -0.05) is 48.1 Å². The second-order valence-electron chi connectivity index (χ2n) is 7.03. The van der Waals surface area contributed by atoms with Crippen LogP contribution in [0.1, 0.15) is 25.3 Å². The first-order chi connectivity index (χ1) is 11.1. The van der Waals surface area contributed by atoms with E-state index in [1.807, 2.05) is 6.07 Å². The summed E-state index contributed by atoms with van der Waals surface area (Å²) in [5.41, 5.74) is 4.15. The average Bonchev–Trinajstić information content (AvgIpc) is 3.21. The monoisotopic (exact) mass is 310 g/mol. The van der Waals surface area contributed by atoms with E-state index in [4.69, 9.17) is 5.11 Å². The predicted molar refractivity (Wildman–Crippen MR) is 89.1 cm³/mol. The molecule has 3 atom stereocenters. The van der Waals surface area contributed by atoms with Gasteiger partial charge in [-0.15, -0.1) is 0 Å². The molecule has 1 heterocycles. The molecule has 0 bridgehead atoms. The largest absolute Gasteiger partial charge is 0.465 e. The summed E-state index contributed by atoms with van der Waals surface area (Å²) in [7, 11) is 0. The van der Waals surface area contributed by atoms with Gasteiger partial charge in [-0.3, -0.25) is 4.90 Å². The van der Waals surface area contributed by atoms with Crippen LogP contribution in [0.4, 0.5) is 4.79 Å². The minimum Gasteiger partial charge on any atom is -0.465 e. The third kappa shape index (κ3) is 2.47. The second kappa shape index (κ2) is 5.24. The Hall–Kier alpha value is -2.07. The molecule has 2 aliphatic carbocycles. The van der Waals surface area contributed by atoms with Gasteiger partial charge in [0.15, 0.2) is 0 Å². The molecule has 0 radical (unpaired) electrons. The lowest BCUT2D eigenvalue weighted by Gasteiger charge is -2.44. The van der Waals surface area contributed by atoms with Crippen LogP contribution >= 0.6 is 0 Å². The van der Waals surface area contributed by atoms with E-state index in [-0.39, 0.29) is 11.6 Å². The molecule has 3 aliphatic rings. The van der Waals surface area contributed by atoms with E-state index >= 15 is 0 Å². The fourth-order valence-electron chi connectivity index (χ4n) is 4.45. The summed E-state index contributed by atoms with van der Waals surface area (Å²) in [5, 5.41) is 11.8. The van der Waals surface area contributed by atoms with Gasteiger partial charge in [0.05, 0.1) is 0 Å². The number of hydrogen-bond donors (Lipinski definition) is 2. The molecule has 4 heteroatoms. The molecular weight excluding hydrogens is 288 g/mol. The lowest BCUT2D eigenvalue weighted by atomic mass is 9.84. The number of nitrogens with one attached hydrogen (secondary N) is 1. The number of piperidine rings is 1. The average molecular weight is 310 g/mol. The topological polar surface area (TPSA) is 52.6 Å². The maximum absolute atomic E-state index is 11.1. The Labute approximate surface area is 136 Å². The van der Waals surface area contributed by atoms with E-state index in [2.05, 4.69) is 53.6 Å². The Morgan fingerprint density at radius 3 is 2.91 bits per heavy atom. The predicted octanol–water partition coefficient (Wildman–Crippen LogP) is 3.17. The number of nitrogens with zero attached hydrogens (tertiary/aromatic N) is 1. The zero-order valence-electron chi connectivity index (χ0n) is 13.3. The minimum absolute atomic E-state index is 0.0276. The molecule has 1 spiro atoms. The van der Waals surface area contributed by atoms with Gasteiger partial charge in [-0.25, -0.2) is 4.79 Å². The van der Waals surface area contributed by atoms with E-state index in [0.29, 0.717) is 5.92 Å². The van der Waals surface area contributed by atoms with Crippen LogP contribution in [0.2, 0.25) is 0 Å². The van der Waals surface area contributed by atoms with E-state index in [9.17, 15) is 4.79 Å². The van der Waals surface area contributed by atoms with Crippen molar-refractivity contribution >= 4 is 6.09 Å². The number of allylic oxidation sites excluding steroid dienone is 2. The van der Waals surface area contributed by atoms with Crippen LogP contribution < -0.4 is 5.32 Å². The molecule has 1 amide bonds. The SMILES string of the molecule is CC1=CC2CC23C(=C1)CC(NC(=O)O)CN3Cc1ccccc1. The Balaban J connectivity index is 1.63. The van der Waals surface area contributed by atoms with Gasteiger partial charge < -0.3 is 10.4 Å². The molecule has 1 saturated carbocycles. The molecule has 2 fully saturated rings. The van der Waals surface area contributed by atoms with Crippen molar-refractivity contribution in [1.82, 2.24) is 10.2 Å². The quantitative estimate of drug-likeness (QED) is 0.901. The van der Waals surface area contributed by atoms with Gasteiger partial charge in [-0.05, 0) is 30.9 Å². The molecule has 1 aromatic carbocycles. The van der Waals surface area contributed by atoms with Crippen molar-refractivity contribution in [1.29, 1.82) is 0 Å². The minimum atomic E-state index is -0.929. The van der Waals surface area contributed by atoms with Crippen molar-refractivity contribution in [2.45, 2.75) is 37.9 Å². The molecule has 2 N–H and O–H groups in total. The first kappa shape index (κ1) is 14.5. The van der Waals surface area contributed by atoms with Gasteiger partial charge in [0.25, 0.3) is 0 Å². The summed E-state index contributed by atoms with van der Waals surface area (Å²) in [5.74, 6) is 0.594. The van der Waals surface area contributed by atoms with Gasteiger partial charge >= 0.3 is 6.09 Å². The third-order valence-electron chi connectivity index (χ3n) is 5.42. The van der Waals surface area contributed by atoms with Crippen LogP contribution in [-0.4, -0.2) is 34.2 Å². The van der Waals surface area contributed by atoms with E-state index in [0.717, 1.165) is 19.5 Å². The summed E-state index contributed by atoms with van der Waals surface area (Å²) in [6.45, 7) is 3.80. The fraction of sp³-hybridized carbons (Fsp3) is 0.421. The van der Waals surface area contributed by atoms with Gasteiger partial charge in [0, 0.05) is 30.6 Å². The maximum Gasteiger partial charge on any atom is 0.404 e. The Morgan fingerprint density at radius 1 is 1.39 bits per heavy atom. The molecule has 0 aromatic heterocycles. The molecular formula is C19H22N2O2. The van der Waals surface area contributed by atoms with E-state index < -0.39 is 6.09 Å². The number of likely N-dealkylation sites (tertiary alicyclic amines) is 1. The lowest BCUT2D eigenvalue weighted by molar-refractivity contribution is 0.125. The normalized spacial score (nSPS) is 32.2. The number of hydrogen-bond acceptors (Lipinski definition) is 2. The van der Waals surface area contributed by atoms with Crippen LogP contribution in [0.3, 0.4) is 0 Å². The maximum atomic E-state index is 11.1. The van der Waals surface area contributed by atoms with Crippen molar-refractivity contribution in [3.05, 3.63) is 59.2 Å². The smallest absolute Gasteiger partial charge is 0.404 e. The molecule has 3 unspecified atom stereocenters. The van der Waals surface area contributed by atoms with Crippen molar-refractivity contribution in [2.24, 2.45) is 5.92 Å². The van der Waals surface area contributed by atoms with E-state index in [1.165, 1.54) is 23.1 Å². The summed E-state index contributed by atoms with van der Waals surface area (Å²) in [4.78, 5) is 13.6. The zero-order chi connectivity index (χ0) is 16.0.